The standard InChI is InChI=1S/C5H4FNO3/c1-2-3(4(8)9)7-5(6)10-2/h1H3,(H,8,9). The van der Waals surface area contributed by atoms with E-state index in [0.717, 1.165) is 0 Å². The fraction of sp³-hybridized carbons (Fsp3) is 0.200. The van der Waals surface area contributed by atoms with E-state index in [1.807, 2.05) is 0 Å². The summed E-state index contributed by atoms with van der Waals surface area (Å²) in [7, 11) is 0. The number of carboxylic acids is 1. The van der Waals surface area contributed by atoms with Crippen molar-refractivity contribution in [3.05, 3.63) is 17.6 Å². The number of halogens is 1. The van der Waals surface area contributed by atoms with E-state index < -0.39 is 12.1 Å². The number of hydrogen-bond donors (Lipinski definition) is 1. The summed E-state index contributed by atoms with van der Waals surface area (Å²) in [5.41, 5.74) is -0.377. The van der Waals surface area contributed by atoms with E-state index in [9.17, 15) is 9.18 Å². The van der Waals surface area contributed by atoms with Crippen molar-refractivity contribution in [2.45, 2.75) is 6.92 Å². The molecule has 1 aromatic rings. The number of oxazole rings is 1. The van der Waals surface area contributed by atoms with E-state index in [1.165, 1.54) is 6.92 Å². The van der Waals surface area contributed by atoms with E-state index in [0.29, 0.717) is 0 Å². The normalized spacial score (nSPS) is 9.80. The summed E-state index contributed by atoms with van der Waals surface area (Å²) in [5.74, 6) is -1.31. The van der Waals surface area contributed by atoms with Crippen molar-refractivity contribution in [1.82, 2.24) is 4.98 Å². The van der Waals surface area contributed by atoms with Gasteiger partial charge in [0.2, 0.25) is 0 Å². The zero-order valence-corrected chi connectivity index (χ0v) is 5.09. The molecule has 0 spiro atoms. The van der Waals surface area contributed by atoms with Crippen LogP contribution in [0.4, 0.5) is 4.39 Å². The molecule has 1 heterocycles. The predicted octanol–water partition coefficient (Wildman–Crippen LogP) is 0.820. The fourth-order valence-corrected chi connectivity index (χ4v) is 0.563. The maximum atomic E-state index is 12.0. The third-order valence-corrected chi connectivity index (χ3v) is 0.973. The van der Waals surface area contributed by atoms with Crippen LogP contribution in [0.1, 0.15) is 16.2 Å². The molecule has 0 saturated carbocycles. The molecule has 0 fully saturated rings. The Hall–Kier alpha value is -1.39. The summed E-state index contributed by atoms with van der Waals surface area (Å²) in [6, 6.07) is 0. The van der Waals surface area contributed by atoms with E-state index in [1.54, 1.807) is 0 Å². The third-order valence-electron chi connectivity index (χ3n) is 0.973. The maximum absolute atomic E-state index is 12.0. The summed E-state index contributed by atoms with van der Waals surface area (Å²) in [4.78, 5) is 13.1. The molecule has 0 saturated heterocycles. The van der Waals surface area contributed by atoms with Gasteiger partial charge in [-0.25, -0.2) is 4.79 Å². The second-order valence-corrected chi connectivity index (χ2v) is 1.68. The van der Waals surface area contributed by atoms with Crippen LogP contribution >= 0.6 is 0 Å². The Morgan fingerprint density at radius 3 is 2.60 bits per heavy atom. The van der Waals surface area contributed by atoms with Crippen LogP contribution in [0.15, 0.2) is 4.42 Å². The zero-order chi connectivity index (χ0) is 7.72. The molecule has 1 aromatic heterocycles. The third kappa shape index (κ3) is 0.975. The molecule has 0 aliphatic rings. The van der Waals surface area contributed by atoms with Crippen LogP contribution in [0.5, 0.6) is 0 Å². The first-order chi connectivity index (χ1) is 4.61. The van der Waals surface area contributed by atoms with E-state index in [4.69, 9.17) is 5.11 Å². The van der Waals surface area contributed by atoms with Gasteiger partial charge in [-0.05, 0) is 6.92 Å². The lowest BCUT2D eigenvalue weighted by atomic mass is 10.4. The minimum absolute atomic E-state index is 0.0231. The molecule has 54 valence electrons. The number of aryl methyl sites for hydroxylation is 1. The van der Waals surface area contributed by atoms with Gasteiger partial charge in [-0.2, -0.15) is 4.98 Å². The summed E-state index contributed by atoms with van der Waals surface area (Å²) in [6.07, 6.45) is -1.12. The van der Waals surface area contributed by atoms with Crippen LogP contribution < -0.4 is 0 Å². The number of carbonyl (C=O) groups is 1. The Balaban J connectivity index is 3.15. The minimum Gasteiger partial charge on any atom is -0.476 e. The second kappa shape index (κ2) is 2.09. The van der Waals surface area contributed by atoms with Crippen molar-refractivity contribution in [2.24, 2.45) is 0 Å². The van der Waals surface area contributed by atoms with Crippen LogP contribution in [0.25, 0.3) is 0 Å². The van der Waals surface area contributed by atoms with Gasteiger partial charge in [0.1, 0.15) is 5.76 Å². The molecule has 0 amide bonds. The van der Waals surface area contributed by atoms with Crippen molar-refractivity contribution < 1.29 is 18.7 Å². The quantitative estimate of drug-likeness (QED) is 0.635. The smallest absolute Gasteiger partial charge is 0.382 e. The monoisotopic (exact) mass is 145 g/mol. The molecule has 1 rings (SSSR count). The molecule has 0 unspecified atom stereocenters. The zero-order valence-electron chi connectivity index (χ0n) is 5.09. The number of nitrogens with zero attached hydrogens (tertiary/aromatic N) is 1. The Labute approximate surface area is 55.3 Å². The Kier molecular flexibility index (Phi) is 1.41. The average Bonchev–Trinajstić information content (AvgIpc) is 2.10. The lowest BCUT2D eigenvalue weighted by Crippen LogP contribution is -1.98. The lowest BCUT2D eigenvalue weighted by Gasteiger charge is -1.82. The molecule has 10 heavy (non-hydrogen) atoms. The second-order valence-electron chi connectivity index (χ2n) is 1.68. The molecule has 0 atom stereocenters. The molecule has 0 radical (unpaired) electrons. The Morgan fingerprint density at radius 2 is 2.40 bits per heavy atom. The largest absolute Gasteiger partial charge is 0.476 e. The maximum Gasteiger partial charge on any atom is 0.382 e. The summed E-state index contributed by atoms with van der Waals surface area (Å²) >= 11 is 0. The van der Waals surface area contributed by atoms with Crippen LogP contribution in [0.2, 0.25) is 0 Å². The highest BCUT2D eigenvalue weighted by atomic mass is 19.1. The highest BCUT2D eigenvalue weighted by Gasteiger charge is 2.14. The van der Waals surface area contributed by atoms with E-state index >= 15 is 0 Å². The average molecular weight is 145 g/mol. The highest BCUT2D eigenvalue weighted by Crippen LogP contribution is 2.07. The first-order valence-electron chi connectivity index (χ1n) is 2.47. The number of rotatable bonds is 1. The minimum atomic E-state index is -1.29. The molecule has 0 aliphatic heterocycles. The highest BCUT2D eigenvalue weighted by molar-refractivity contribution is 5.86. The van der Waals surface area contributed by atoms with Crippen molar-refractivity contribution in [3.8, 4) is 0 Å². The number of hydrogen-bond acceptors (Lipinski definition) is 3. The van der Waals surface area contributed by atoms with Gasteiger partial charge < -0.3 is 9.52 Å². The fourth-order valence-electron chi connectivity index (χ4n) is 0.563. The van der Waals surface area contributed by atoms with Gasteiger partial charge >= 0.3 is 12.1 Å². The van der Waals surface area contributed by atoms with Crippen LogP contribution in [-0.2, 0) is 0 Å². The van der Waals surface area contributed by atoms with Crippen LogP contribution in [0.3, 0.4) is 0 Å². The van der Waals surface area contributed by atoms with E-state index in [-0.39, 0.29) is 11.5 Å². The molecular weight excluding hydrogens is 141 g/mol. The first kappa shape index (κ1) is 6.73. The number of carboxylic acid groups (broad SMARTS) is 1. The summed E-state index contributed by atoms with van der Waals surface area (Å²) in [6.45, 7) is 1.33. The van der Waals surface area contributed by atoms with Gasteiger partial charge in [-0.3, -0.25) is 0 Å². The van der Waals surface area contributed by atoms with Crippen molar-refractivity contribution in [3.63, 3.8) is 0 Å². The van der Waals surface area contributed by atoms with Crippen molar-refractivity contribution in [2.75, 3.05) is 0 Å². The van der Waals surface area contributed by atoms with Crippen molar-refractivity contribution >= 4 is 5.97 Å². The first-order valence-corrected chi connectivity index (χ1v) is 2.47. The summed E-state index contributed by atoms with van der Waals surface area (Å²) < 4.78 is 16.2. The lowest BCUT2D eigenvalue weighted by molar-refractivity contribution is 0.0689. The summed E-state index contributed by atoms with van der Waals surface area (Å²) in [5, 5.41) is 8.29. The van der Waals surface area contributed by atoms with Gasteiger partial charge in [-0.15, -0.1) is 4.39 Å². The SMILES string of the molecule is Cc1oc(F)nc1C(=O)O. The van der Waals surface area contributed by atoms with Gasteiger partial charge in [0.25, 0.3) is 0 Å². The van der Waals surface area contributed by atoms with Gasteiger partial charge in [0.15, 0.2) is 5.69 Å². The molecule has 0 bridgehead atoms. The van der Waals surface area contributed by atoms with Gasteiger partial charge in [0.05, 0.1) is 0 Å². The Morgan fingerprint density at radius 1 is 1.80 bits per heavy atom. The van der Waals surface area contributed by atoms with Crippen LogP contribution in [-0.4, -0.2) is 16.1 Å². The molecular formula is C5H4FNO3. The molecule has 4 nitrogen and oxygen atoms in total. The van der Waals surface area contributed by atoms with Gasteiger partial charge in [-0.1, -0.05) is 0 Å². The Bertz CT molecular complexity index is 268. The molecule has 1 N–H and O–H groups in total. The van der Waals surface area contributed by atoms with Gasteiger partial charge in [0, 0.05) is 0 Å². The topological polar surface area (TPSA) is 63.3 Å². The molecule has 0 aliphatic carbocycles. The van der Waals surface area contributed by atoms with Crippen molar-refractivity contribution in [1.29, 1.82) is 0 Å². The predicted molar refractivity (Wildman–Crippen MR) is 28.2 cm³/mol. The molecule has 0 aromatic carbocycles. The van der Waals surface area contributed by atoms with E-state index in [2.05, 4.69) is 9.40 Å². The number of aromatic carboxylic acids is 1. The molecule has 5 heteroatoms. The van der Waals surface area contributed by atoms with Crippen LogP contribution in [0, 0.1) is 13.1 Å². The number of aromatic nitrogens is 1.